The maximum atomic E-state index is 12.3. The van der Waals surface area contributed by atoms with Crippen molar-refractivity contribution in [1.29, 1.82) is 0 Å². The van der Waals surface area contributed by atoms with Crippen LogP contribution in [0, 0.1) is 0 Å². The fourth-order valence-corrected chi connectivity index (χ4v) is 2.69. The van der Waals surface area contributed by atoms with E-state index in [1.807, 2.05) is 49.4 Å². The normalized spacial score (nSPS) is 15.8. The minimum absolute atomic E-state index is 0.0405. The third kappa shape index (κ3) is 3.06. The predicted octanol–water partition coefficient (Wildman–Crippen LogP) is 3.20. The van der Waals surface area contributed by atoms with Crippen LogP contribution in [0.5, 0.6) is 11.5 Å². The fraction of sp³-hybridized carbons (Fsp3) is 0.278. The SMILES string of the molecule is COc1cc(NC(=O)Cc2ccccc2)c2c(c1)OC(C)C2. The van der Waals surface area contributed by atoms with Gasteiger partial charge in [-0.05, 0) is 12.5 Å². The maximum absolute atomic E-state index is 12.3. The highest BCUT2D eigenvalue weighted by atomic mass is 16.5. The van der Waals surface area contributed by atoms with Gasteiger partial charge in [-0.25, -0.2) is 0 Å². The zero-order valence-electron chi connectivity index (χ0n) is 12.8. The molecule has 0 spiro atoms. The number of benzene rings is 2. The summed E-state index contributed by atoms with van der Waals surface area (Å²) in [6, 6.07) is 13.4. The largest absolute Gasteiger partial charge is 0.497 e. The van der Waals surface area contributed by atoms with E-state index in [1.54, 1.807) is 7.11 Å². The van der Waals surface area contributed by atoms with Crippen molar-refractivity contribution in [2.24, 2.45) is 0 Å². The van der Waals surface area contributed by atoms with Gasteiger partial charge in [0.15, 0.2) is 0 Å². The van der Waals surface area contributed by atoms with E-state index in [4.69, 9.17) is 9.47 Å². The summed E-state index contributed by atoms with van der Waals surface area (Å²) in [5.74, 6) is 1.44. The average molecular weight is 297 g/mol. The molecular formula is C18H19NO3. The number of fused-ring (bicyclic) bond motifs is 1. The van der Waals surface area contributed by atoms with Crippen molar-refractivity contribution < 1.29 is 14.3 Å². The van der Waals surface area contributed by atoms with Crippen molar-refractivity contribution >= 4 is 11.6 Å². The Hall–Kier alpha value is -2.49. The van der Waals surface area contributed by atoms with E-state index in [9.17, 15) is 4.79 Å². The molecular weight excluding hydrogens is 278 g/mol. The molecule has 0 fully saturated rings. The zero-order chi connectivity index (χ0) is 15.5. The number of rotatable bonds is 4. The van der Waals surface area contributed by atoms with Crippen LogP contribution < -0.4 is 14.8 Å². The van der Waals surface area contributed by atoms with Gasteiger partial charge in [0.25, 0.3) is 0 Å². The third-order valence-electron chi connectivity index (χ3n) is 3.72. The van der Waals surface area contributed by atoms with Gasteiger partial charge < -0.3 is 14.8 Å². The molecule has 0 aliphatic carbocycles. The summed E-state index contributed by atoms with van der Waals surface area (Å²) in [5, 5.41) is 2.99. The van der Waals surface area contributed by atoms with E-state index in [0.29, 0.717) is 12.2 Å². The van der Waals surface area contributed by atoms with Crippen LogP contribution in [0.1, 0.15) is 18.1 Å². The van der Waals surface area contributed by atoms with E-state index < -0.39 is 0 Å². The molecule has 1 atom stereocenters. The molecule has 2 aromatic carbocycles. The molecule has 0 bridgehead atoms. The first-order chi connectivity index (χ1) is 10.7. The highest BCUT2D eigenvalue weighted by molar-refractivity contribution is 5.93. The fourth-order valence-electron chi connectivity index (χ4n) is 2.69. The molecule has 0 aromatic heterocycles. The standard InChI is InChI=1S/C18H19NO3/c1-12-8-15-16(10-14(21-2)11-17(15)22-12)19-18(20)9-13-6-4-3-5-7-13/h3-7,10-12H,8-9H2,1-2H3,(H,19,20). The summed E-state index contributed by atoms with van der Waals surface area (Å²) in [6.07, 6.45) is 1.26. The maximum Gasteiger partial charge on any atom is 0.228 e. The second-order valence-electron chi connectivity index (χ2n) is 5.49. The van der Waals surface area contributed by atoms with Crippen molar-refractivity contribution in [2.75, 3.05) is 12.4 Å². The van der Waals surface area contributed by atoms with Gasteiger partial charge in [-0.2, -0.15) is 0 Å². The van der Waals surface area contributed by atoms with Crippen molar-refractivity contribution in [3.05, 3.63) is 53.6 Å². The number of methoxy groups -OCH3 is 1. The Morgan fingerprint density at radius 3 is 2.82 bits per heavy atom. The van der Waals surface area contributed by atoms with Crippen LogP contribution in [-0.4, -0.2) is 19.1 Å². The van der Waals surface area contributed by atoms with Crippen molar-refractivity contribution in [3.63, 3.8) is 0 Å². The molecule has 1 aliphatic heterocycles. The summed E-state index contributed by atoms with van der Waals surface area (Å²) in [7, 11) is 1.61. The van der Waals surface area contributed by atoms with Gasteiger partial charge in [0.05, 0.1) is 19.2 Å². The molecule has 1 aliphatic rings. The average Bonchev–Trinajstić information content (AvgIpc) is 2.88. The number of nitrogens with one attached hydrogen (secondary N) is 1. The van der Waals surface area contributed by atoms with Crippen molar-refractivity contribution in [2.45, 2.75) is 25.9 Å². The number of carbonyl (C=O) groups is 1. The van der Waals surface area contributed by atoms with E-state index in [1.165, 1.54) is 0 Å². The molecule has 0 saturated carbocycles. The number of anilines is 1. The molecule has 22 heavy (non-hydrogen) atoms. The van der Waals surface area contributed by atoms with Gasteiger partial charge in [0.2, 0.25) is 5.91 Å². The minimum Gasteiger partial charge on any atom is -0.497 e. The highest BCUT2D eigenvalue weighted by Crippen LogP contribution is 2.38. The molecule has 2 aromatic rings. The van der Waals surface area contributed by atoms with Gasteiger partial charge in [0.1, 0.15) is 17.6 Å². The van der Waals surface area contributed by atoms with E-state index in [-0.39, 0.29) is 12.0 Å². The molecule has 4 nitrogen and oxygen atoms in total. The Morgan fingerprint density at radius 1 is 1.32 bits per heavy atom. The van der Waals surface area contributed by atoms with Crippen LogP contribution >= 0.6 is 0 Å². The lowest BCUT2D eigenvalue weighted by molar-refractivity contribution is -0.115. The molecule has 1 amide bonds. The first kappa shape index (κ1) is 14.4. The first-order valence-electron chi connectivity index (χ1n) is 7.37. The quantitative estimate of drug-likeness (QED) is 0.942. The van der Waals surface area contributed by atoms with Gasteiger partial charge in [-0.15, -0.1) is 0 Å². The highest BCUT2D eigenvalue weighted by Gasteiger charge is 2.24. The van der Waals surface area contributed by atoms with Crippen LogP contribution in [0.4, 0.5) is 5.69 Å². The molecule has 114 valence electrons. The summed E-state index contributed by atoms with van der Waals surface area (Å²) in [6.45, 7) is 2.02. The van der Waals surface area contributed by atoms with Crippen LogP contribution in [0.15, 0.2) is 42.5 Å². The van der Waals surface area contributed by atoms with E-state index in [2.05, 4.69) is 5.32 Å². The molecule has 1 N–H and O–H groups in total. The van der Waals surface area contributed by atoms with Crippen LogP contribution in [0.3, 0.4) is 0 Å². The molecule has 1 unspecified atom stereocenters. The van der Waals surface area contributed by atoms with E-state index in [0.717, 1.165) is 29.0 Å². The van der Waals surface area contributed by atoms with Crippen LogP contribution in [0.2, 0.25) is 0 Å². The Labute approximate surface area is 130 Å². The summed E-state index contributed by atoms with van der Waals surface area (Å²) < 4.78 is 11.0. The lowest BCUT2D eigenvalue weighted by atomic mass is 10.1. The Bertz CT molecular complexity index is 682. The molecule has 0 saturated heterocycles. The Balaban J connectivity index is 1.80. The topological polar surface area (TPSA) is 47.6 Å². The van der Waals surface area contributed by atoms with Crippen molar-refractivity contribution in [1.82, 2.24) is 0 Å². The smallest absolute Gasteiger partial charge is 0.228 e. The van der Waals surface area contributed by atoms with Gasteiger partial charge in [-0.1, -0.05) is 30.3 Å². The van der Waals surface area contributed by atoms with Crippen LogP contribution in [0.25, 0.3) is 0 Å². The van der Waals surface area contributed by atoms with Crippen molar-refractivity contribution in [3.8, 4) is 11.5 Å². The summed E-state index contributed by atoms with van der Waals surface area (Å²) in [4.78, 5) is 12.3. The zero-order valence-corrected chi connectivity index (χ0v) is 12.8. The Kier molecular flexibility index (Phi) is 4.00. The minimum atomic E-state index is -0.0405. The van der Waals surface area contributed by atoms with Crippen LogP contribution in [-0.2, 0) is 17.6 Å². The van der Waals surface area contributed by atoms with E-state index >= 15 is 0 Å². The Morgan fingerprint density at radius 2 is 2.09 bits per heavy atom. The van der Waals surface area contributed by atoms with Gasteiger partial charge in [0, 0.05) is 24.1 Å². The molecule has 0 radical (unpaired) electrons. The molecule has 1 heterocycles. The number of hydrogen-bond acceptors (Lipinski definition) is 3. The second kappa shape index (κ2) is 6.10. The monoisotopic (exact) mass is 297 g/mol. The number of carbonyl (C=O) groups excluding carboxylic acids is 1. The lowest BCUT2D eigenvalue weighted by Gasteiger charge is -2.11. The lowest BCUT2D eigenvalue weighted by Crippen LogP contribution is -2.15. The summed E-state index contributed by atoms with van der Waals surface area (Å²) >= 11 is 0. The number of hydrogen-bond donors (Lipinski definition) is 1. The second-order valence-corrected chi connectivity index (χ2v) is 5.49. The third-order valence-corrected chi connectivity index (χ3v) is 3.72. The first-order valence-corrected chi connectivity index (χ1v) is 7.37. The van der Waals surface area contributed by atoms with Gasteiger partial charge in [-0.3, -0.25) is 4.79 Å². The number of amides is 1. The van der Waals surface area contributed by atoms with Gasteiger partial charge >= 0.3 is 0 Å². The number of ether oxygens (including phenoxy) is 2. The predicted molar refractivity (Wildman–Crippen MR) is 85.6 cm³/mol. The summed E-state index contributed by atoms with van der Waals surface area (Å²) in [5.41, 5.74) is 2.80. The molecule has 3 rings (SSSR count). The molecule has 4 heteroatoms.